The Morgan fingerprint density at radius 2 is 1.61 bits per heavy atom. The van der Waals surface area contributed by atoms with Gasteiger partial charge in [0, 0.05) is 19.5 Å². The summed E-state index contributed by atoms with van der Waals surface area (Å²) in [6.07, 6.45) is 1.33. The summed E-state index contributed by atoms with van der Waals surface area (Å²) in [5.41, 5.74) is 5.37. The Bertz CT molecular complexity index is 653. The molecule has 28 heavy (non-hydrogen) atoms. The number of aliphatic carboxylic acids is 2. The molecule has 2 aliphatic rings. The van der Waals surface area contributed by atoms with Crippen LogP contribution in [0.2, 0.25) is 0 Å². The molecule has 0 aliphatic carbocycles. The second kappa shape index (κ2) is 9.49. The van der Waals surface area contributed by atoms with E-state index >= 15 is 0 Å². The zero-order chi connectivity index (χ0) is 20.8. The number of hydrogen-bond donors (Lipinski definition) is 4. The van der Waals surface area contributed by atoms with E-state index < -0.39 is 41.9 Å². The van der Waals surface area contributed by atoms with Crippen LogP contribution in [0.3, 0.4) is 0 Å². The van der Waals surface area contributed by atoms with Crippen LogP contribution < -0.4 is 11.1 Å². The van der Waals surface area contributed by atoms with Crippen molar-refractivity contribution in [2.45, 2.75) is 56.7 Å². The number of nitrogens with one attached hydrogen (secondary N) is 1. The van der Waals surface area contributed by atoms with Gasteiger partial charge in [-0.2, -0.15) is 0 Å². The Kier molecular flexibility index (Phi) is 7.32. The van der Waals surface area contributed by atoms with Gasteiger partial charge in [-0.3, -0.25) is 19.2 Å². The first-order valence-corrected chi connectivity index (χ1v) is 9.31. The molecule has 5 N–H and O–H groups in total. The first-order chi connectivity index (χ1) is 13.3. The lowest BCUT2D eigenvalue weighted by molar-refractivity contribution is -0.150. The molecule has 2 rings (SSSR count). The van der Waals surface area contributed by atoms with Gasteiger partial charge in [0.25, 0.3) is 0 Å². The largest absolute Gasteiger partial charge is 0.481 e. The van der Waals surface area contributed by atoms with E-state index in [0.29, 0.717) is 32.2 Å². The molecule has 0 aromatic heterocycles. The van der Waals surface area contributed by atoms with E-state index in [4.69, 9.17) is 10.8 Å². The Morgan fingerprint density at radius 1 is 1.00 bits per heavy atom. The fourth-order valence-corrected chi connectivity index (χ4v) is 3.74. The van der Waals surface area contributed by atoms with E-state index in [-0.39, 0.29) is 31.8 Å². The van der Waals surface area contributed by atoms with E-state index in [1.807, 2.05) is 0 Å². The average molecular weight is 398 g/mol. The minimum atomic E-state index is -1.17. The molecule has 0 radical (unpaired) electrons. The zero-order valence-electron chi connectivity index (χ0n) is 15.5. The van der Waals surface area contributed by atoms with Crippen LogP contribution in [0.4, 0.5) is 0 Å². The summed E-state index contributed by atoms with van der Waals surface area (Å²) < 4.78 is 0. The standard InChI is InChI=1S/C17H26N4O7/c18-9-13(22)20-7-1-3-11(20)15(25)19-10(5-6-14(23)24)16(26)21-8-2-4-12(21)17(27)28/h10-12H,1-9,18H2,(H,19,25)(H,23,24)(H,27,28). The highest BCUT2D eigenvalue weighted by atomic mass is 16.4. The lowest BCUT2D eigenvalue weighted by Gasteiger charge is -2.29. The Morgan fingerprint density at radius 3 is 2.18 bits per heavy atom. The van der Waals surface area contributed by atoms with Crippen LogP contribution in [0.1, 0.15) is 38.5 Å². The summed E-state index contributed by atoms with van der Waals surface area (Å²) in [6, 6.07) is -2.93. The maximum atomic E-state index is 12.8. The molecule has 0 spiro atoms. The summed E-state index contributed by atoms with van der Waals surface area (Å²) in [7, 11) is 0. The third-order valence-electron chi connectivity index (χ3n) is 5.13. The summed E-state index contributed by atoms with van der Waals surface area (Å²) >= 11 is 0. The highest BCUT2D eigenvalue weighted by Gasteiger charge is 2.40. The molecule has 0 aromatic carbocycles. The van der Waals surface area contributed by atoms with Crippen LogP contribution in [0.15, 0.2) is 0 Å². The first kappa shape index (κ1) is 21.6. The average Bonchev–Trinajstić information content (AvgIpc) is 3.32. The number of nitrogens with two attached hydrogens (primary N) is 1. The van der Waals surface area contributed by atoms with Crippen molar-refractivity contribution in [1.29, 1.82) is 0 Å². The Labute approximate surface area is 161 Å². The molecule has 3 amide bonds. The van der Waals surface area contributed by atoms with Gasteiger partial charge in [0.2, 0.25) is 17.7 Å². The number of nitrogens with zero attached hydrogens (tertiary/aromatic N) is 2. The highest BCUT2D eigenvalue weighted by molar-refractivity contribution is 5.94. The molecular formula is C17H26N4O7. The van der Waals surface area contributed by atoms with Gasteiger partial charge in [-0.05, 0) is 32.1 Å². The normalized spacial score (nSPS) is 22.8. The number of carbonyl (C=O) groups excluding carboxylic acids is 3. The molecule has 3 atom stereocenters. The molecular weight excluding hydrogens is 372 g/mol. The fourth-order valence-electron chi connectivity index (χ4n) is 3.74. The monoisotopic (exact) mass is 398 g/mol. The number of carbonyl (C=O) groups is 5. The molecule has 2 heterocycles. The van der Waals surface area contributed by atoms with E-state index in [0.717, 1.165) is 0 Å². The van der Waals surface area contributed by atoms with E-state index in [1.54, 1.807) is 0 Å². The van der Waals surface area contributed by atoms with Crippen LogP contribution >= 0.6 is 0 Å². The number of likely N-dealkylation sites (tertiary alicyclic amines) is 2. The van der Waals surface area contributed by atoms with Crippen molar-refractivity contribution in [2.24, 2.45) is 5.73 Å². The fraction of sp³-hybridized carbons (Fsp3) is 0.706. The smallest absolute Gasteiger partial charge is 0.326 e. The molecule has 0 saturated carbocycles. The third-order valence-corrected chi connectivity index (χ3v) is 5.13. The van der Waals surface area contributed by atoms with Gasteiger partial charge in [-0.15, -0.1) is 0 Å². The van der Waals surface area contributed by atoms with E-state index in [1.165, 1.54) is 9.80 Å². The van der Waals surface area contributed by atoms with Gasteiger partial charge >= 0.3 is 11.9 Å². The highest BCUT2D eigenvalue weighted by Crippen LogP contribution is 2.21. The van der Waals surface area contributed by atoms with Gasteiger partial charge in [0.1, 0.15) is 18.1 Å². The minimum absolute atomic E-state index is 0.166. The number of hydrogen-bond acceptors (Lipinski definition) is 6. The number of amides is 3. The second-order valence-corrected chi connectivity index (χ2v) is 6.97. The van der Waals surface area contributed by atoms with Gasteiger partial charge in [-0.25, -0.2) is 4.79 Å². The van der Waals surface area contributed by atoms with Crippen molar-refractivity contribution < 1.29 is 34.2 Å². The van der Waals surface area contributed by atoms with Gasteiger partial charge in [0.15, 0.2) is 0 Å². The number of carboxylic acid groups (broad SMARTS) is 2. The summed E-state index contributed by atoms with van der Waals surface area (Å²) in [5.74, 6) is -3.83. The van der Waals surface area contributed by atoms with E-state index in [2.05, 4.69) is 5.32 Å². The van der Waals surface area contributed by atoms with Crippen molar-refractivity contribution in [3.8, 4) is 0 Å². The Balaban J connectivity index is 2.12. The molecule has 11 nitrogen and oxygen atoms in total. The summed E-state index contributed by atoms with van der Waals surface area (Å²) in [6.45, 7) is 0.380. The maximum absolute atomic E-state index is 12.8. The summed E-state index contributed by atoms with van der Waals surface area (Å²) in [5, 5.41) is 20.8. The molecule has 2 saturated heterocycles. The molecule has 3 unspecified atom stereocenters. The lowest BCUT2D eigenvalue weighted by Crippen LogP contribution is -2.55. The van der Waals surface area contributed by atoms with Crippen molar-refractivity contribution in [1.82, 2.24) is 15.1 Å². The third kappa shape index (κ3) is 4.97. The lowest BCUT2D eigenvalue weighted by atomic mass is 10.1. The van der Waals surface area contributed by atoms with Gasteiger partial charge < -0.3 is 31.1 Å². The molecule has 11 heteroatoms. The number of carboxylic acids is 2. The van der Waals surface area contributed by atoms with E-state index in [9.17, 15) is 29.1 Å². The molecule has 2 aliphatic heterocycles. The molecule has 0 bridgehead atoms. The first-order valence-electron chi connectivity index (χ1n) is 9.31. The van der Waals surface area contributed by atoms with Crippen molar-refractivity contribution in [3.63, 3.8) is 0 Å². The van der Waals surface area contributed by atoms with Crippen LogP contribution in [-0.2, 0) is 24.0 Å². The van der Waals surface area contributed by atoms with Crippen LogP contribution in [0.25, 0.3) is 0 Å². The predicted molar refractivity (Wildman–Crippen MR) is 95.0 cm³/mol. The van der Waals surface area contributed by atoms with Crippen LogP contribution in [-0.4, -0.2) is 87.4 Å². The topological polar surface area (TPSA) is 170 Å². The quantitative estimate of drug-likeness (QED) is 0.377. The van der Waals surface area contributed by atoms with Crippen molar-refractivity contribution >= 4 is 29.7 Å². The maximum Gasteiger partial charge on any atom is 0.326 e. The van der Waals surface area contributed by atoms with Crippen molar-refractivity contribution in [2.75, 3.05) is 19.6 Å². The second-order valence-electron chi connectivity index (χ2n) is 6.97. The minimum Gasteiger partial charge on any atom is -0.481 e. The molecule has 2 fully saturated rings. The number of rotatable bonds is 8. The van der Waals surface area contributed by atoms with Gasteiger partial charge in [0.05, 0.1) is 6.54 Å². The predicted octanol–water partition coefficient (Wildman–Crippen LogP) is -1.64. The SMILES string of the molecule is NCC(=O)N1CCCC1C(=O)NC(CCC(=O)O)C(=O)N1CCCC1C(=O)O. The summed E-state index contributed by atoms with van der Waals surface area (Å²) in [4.78, 5) is 62.3. The van der Waals surface area contributed by atoms with Gasteiger partial charge in [-0.1, -0.05) is 0 Å². The zero-order valence-corrected chi connectivity index (χ0v) is 15.5. The van der Waals surface area contributed by atoms with Crippen LogP contribution in [0.5, 0.6) is 0 Å². The van der Waals surface area contributed by atoms with Crippen LogP contribution in [0, 0.1) is 0 Å². The molecule has 0 aromatic rings. The Hall–Kier alpha value is -2.69. The molecule has 156 valence electrons. The van der Waals surface area contributed by atoms with Crippen molar-refractivity contribution in [3.05, 3.63) is 0 Å².